The van der Waals surface area contributed by atoms with Crippen molar-refractivity contribution in [1.82, 2.24) is 0 Å². The van der Waals surface area contributed by atoms with E-state index < -0.39 is 0 Å². The van der Waals surface area contributed by atoms with E-state index in [0.717, 1.165) is 25.1 Å². The molecule has 2 heterocycles. The molecule has 0 spiro atoms. The Kier molecular flexibility index (Phi) is 4.60. The van der Waals surface area contributed by atoms with Crippen LogP contribution >= 0.6 is 12.4 Å². The summed E-state index contributed by atoms with van der Waals surface area (Å²) in [4.78, 5) is 14.4. The first kappa shape index (κ1) is 16.6. The van der Waals surface area contributed by atoms with Gasteiger partial charge in [0.15, 0.2) is 5.43 Å². The zero-order chi connectivity index (χ0) is 15.8. The van der Waals surface area contributed by atoms with Crippen LogP contribution < -0.4 is 16.1 Å². The van der Waals surface area contributed by atoms with Gasteiger partial charge >= 0.3 is 0 Å². The van der Waals surface area contributed by atoms with E-state index in [1.807, 2.05) is 18.2 Å². The first-order chi connectivity index (χ1) is 11.3. The van der Waals surface area contributed by atoms with E-state index in [1.165, 1.54) is 17.3 Å². The van der Waals surface area contributed by atoms with Crippen LogP contribution in [0.1, 0.15) is 17.7 Å². The van der Waals surface area contributed by atoms with E-state index in [9.17, 15) is 4.79 Å². The van der Waals surface area contributed by atoms with Crippen LogP contribution in [-0.4, -0.2) is 6.54 Å². The van der Waals surface area contributed by atoms with Crippen LogP contribution in [0, 0.1) is 0 Å². The number of halogens is 1. The zero-order valence-corrected chi connectivity index (χ0v) is 14.0. The molecule has 0 aliphatic carbocycles. The highest BCUT2D eigenvalue weighted by atomic mass is 35.5. The Hall–Kier alpha value is -2.30. The fraction of sp³-hybridized carbons (Fsp3) is 0.211. The van der Waals surface area contributed by atoms with E-state index in [-0.39, 0.29) is 24.4 Å². The molecule has 2 N–H and O–H groups in total. The maximum Gasteiger partial charge on any atom is 0.193 e. The Morgan fingerprint density at radius 1 is 1.12 bits per heavy atom. The molecule has 1 aromatic heterocycles. The van der Waals surface area contributed by atoms with Crippen LogP contribution in [0.25, 0.3) is 11.0 Å². The van der Waals surface area contributed by atoms with Crippen molar-refractivity contribution in [3.8, 4) is 0 Å². The third-order valence-corrected chi connectivity index (χ3v) is 4.39. The fourth-order valence-electron chi connectivity index (χ4n) is 3.26. The smallest absolute Gasteiger partial charge is 0.193 e. The minimum Gasteiger partial charge on any atom is -0.459 e. The highest BCUT2D eigenvalue weighted by Crippen LogP contribution is 2.34. The predicted molar refractivity (Wildman–Crippen MR) is 99.4 cm³/mol. The molecule has 5 heteroatoms. The minimum absolute atomic E-state index is 0. The molecule has 0 bridgehead atoms. The van der Waals surface area contributed by atoms with Crippen molar-refractivity contribution in [2.45, 2.75) is 19.4 Å². The quantitative estimate of drug-likeness (QED) is 0.770. The third-order valence-electron chi connectivity index (χ3n) is 4.39. The average molecular weight is 343 g/mol. The number of aryl methyl sites for hydroxylation is 1. The lowest BCUT2D eigenvalue weighted by atomic mass is 10.0. The van der Waals surface area contributed by atoms with Crippen LogP contribution in [0.3, 0.4) is 0 Å². The largest absolute Gasteiger partial charge is 0.459 e. The van der Waals surface area contributed by atoms with Gasteiger partial charge in [-0.05, 0) is 36.6 Å². The highest BCUT2D eigenvalue weighted by molar-refractivity contribution is 5.85. The van der Waals surface area contributed by atoms with Crippen molar-refractivity contribution in [2.75, 3.05) is 11.4 Å². The van der Waals surface area contributed by atoms with Gasteiger partial charge in [-0.1, -0.05) is 18.2 Å². The van der Waals surface area contributed by atoms with Gasteiger partial charge in [0.25, 0.3) is 0 Å². The van der Waals surface area contributed by atoms with E-state index >= 15 is 0 Å². The summed E-state index contributed by atoms with van der Waals surface area (Å²) in [6.07, 6.45) is 2.22. The lowest BCUT2D eigenvalue weighted by molar-refractivity contribution is 0.539. The van der Waals surface area contributed by atoms with E-state index in [4.69, 9.17) is 10.2 Å². The molecule has 3 aromatic rings. The second kappa shape index (κ2) is 6.67. The summed E-state index contributed by atoms with van der Waals surface area (Å²) in [6, 6.07) is 15.7. The van der Waals surface area contributed by atoms with Crippen molar-refractivity contribution >= 4 is 34.8 Å². The Bertz CT molecular complexity index is 936. The van der Waals surface area contributed by atoms with Gasteiger partial charge < -0.3 is 15.1 Å². The zero-order valence-electron chi connectivity index (χ0n) is 13.2. The summed E-state index contributed by atoms with van der Waals surface area (Å²) < 4.78 is 5.76. The number of nitrogens with two attached hydrogens (primary N) is 1. The van der Waals surface area contributed by atoms with Crippen molar-refractivity contribution in [3.05, 3.63) is 70.1 Å². The summed E-state index contributed by atoms with van der Waals surface area (Å²) in [5, 5.41) is 0.594. The Morgan fingerprint density at radius 3 is 2.79 bits per heavy atom. The molecular formula is C19H19ClN2O2. The molecule has 0 unspecified atom stereocenters. The maximum atomic E-state index is 12.1. The van der Waals surface area contributed by atoms with E-state index in [1.54, 1.807) is 0 Å². The minimum atomic E-state index is -0.0442. The van der Waals surface area contributed by atoms with Crippen molar-refractivity contribution in [1.29, 1.82) is 0 Å². The Morgan fingerprint density at radius 2 is 1.96 bits per heavy atom. The van der Waals surface area contributed by atoms with Crippen LogP contribution in [0.15, 0.2) is 57.7 Å². The lowest BCUT2D eigenvalue weighted by Gasteiger charge is -2.31. The van der Waals surface area contributed by atoms with Gasteiger partial charge in [-0.15, -0.1) is 12.4 Å². The van der Waals surface area contributed by atoms with Gasteiger partial charge in [-0.25, -0.2) is 0 Å². The number of anilines is 2. The van der Waals surface area contributed by atoms with Gasteiger partial charge in [0, 0.05) is 30.1 Å². The number of hydrogen-bond acceptors (Lipinski definition) is 4. The number of benzene rings is 2. The first-order valence-electron chi connectivity index (χ1n) is 7.88. The van der Waals surface area contributed by atoms with Crippen LogP contribution in [0.4, 0.5) is 11.4 Å². The topological polar surface area (TPSA) is 59.5 Å². The number of hydrogen-bond donors (Lipinski definition) is 1. The molecule has 1 aliphatic heterocycles. The summed E-state index contributed by atoms with van der Waals surface area (Å²) in [5.41, 5.74) is 9.80. The van der Waals surface area contributed by atoms with E-state index in [2.05, 4.69) is 29.2 Å². The van der Waals surface area contributed by atoms with Gasteiger partial charge in [-0.2, -0.15) is 0 Å². The fourth-order valence-corrected chi connectivity index (χ4v) is 3.26. The molecule has 0 radical (unpaired) electrons. The molecule has 4 rings (SSSR count). The highest BCUT2D eigenvalue weighted by Gasteiger charge is 2.18. The number of rotatable bonds is 2. The number of fused-ring (bicyclic) bond motifs is 2. The summed E-state index contributed by atoms with van der Waals surface area (Å²) in [7, 11) is 0. The lowest BCUT2D eigenvalue weighted by Crippen LogP contribution is -2.24. The normalized spacial score (nSPS) is 13.5. The molecule has 4 nitrogen and oxygen atoms in total. The monoisotopic (exact) mass is 342 g/mol. The summed E-state index contributed by atoms with van der Waals surface area (Å²) in [5.74, 6) is 0.513. The van der Waals surface area contributed by atoms with Crippen molar-refractivity contribution in [2.24, 2.45) is 5.73 Å². The number of nitrogens with zero attached hydrogens (tertiary/aromatic N) is 1. The van der Waals surface area contributed by atoms with Gasteiger partial charge in [-0.3, -0.25) is 4.79 Å². The van der Waals surface area contributed by atoms with Crippen LogP contribution in [-0.2, 0) is 13.0 Å². The van der Waals surface area contributed by atoms with Crippen LogP contribution in [0.2, 0.25) is 0 Å². The molecule has 0 saturated heterocycles. The van der Waals surface area contributed by atoms with Gasteiger partial charge in [0.1, 0.15) is 11.3 Å². The molecule has 2 aromatic carbocycles. The standard InChI is InChI=1S/C19H18N2O2.ClH/c20-12-15-11-18(22)16-8-7-14(10-19(16)23-15)21-9-3-5-13-4-1-2-6-17(13)21;/h1-2,4,6-8,10-11H,3,5,9,12,20H2;1H. The molecule has 124 valence electrons. The Labute approximate surface area is 146 Å². The summed E-state index contributed by atoms with van der Waals surface area (Å²) >= 11 is 0. The predicted octanol–water partition coefficient (Wildman–Crippen LogP) is 3.76. The third kappa shape index (κ3) is 2.79. The molecular weight excluding hydrogens is 324 g/mol. The van der Waals surface area contributed by atoms with Crippen LogP contribution in [0.5, 0.6) is 0 Å². The van der Waals surface area contributed by atoms with Crippen molar-refractivity contribution in [3.63, 3.8) is 0 Å². The SMILES string of the molecule is Cl.NCc1cc(=O)c2ccc(N3CCCc4ccccc43)cc2o1. The molecule has 0 saturated carbocycles. The van der Waals surface area contributed by atoms with Gasteiger partial charge in [0.05, 0.1) is 11.9 Å². The Balaban J connectivity index is 0.00000169. The average Bonchev–Trinajstić information content (AvgIpc) is 2.60. The summed E-state index contributed by atoms with van der Waals surface area (Å²) in [6.45, 7) is 1.19. The molecule has 1 aliphatic rings. The van der Waals surface area contributed by atoms with Gasteiger partial charge in [0.2, 0.25) is 0 Å². The first-order valence-corrected chi connectivity index (χ1v) is 7.88. The van der Waals surface area contributed by atoms with E-state index in [0.29, 0.717) is 16.7 Å². The maximum absolute atomic E-state index is 12.1. The molecule has 0 fully saturated rings. The molecule has 24 heavy (non-hydrogen) atoms. The number of para-hydroxylation sites is 1. The second-order valence-electron chi connectivity index (χ2n) is 5.85. The molecule has 0 amide bonds. The van der Waals surface area contributed by atoms with Crippen molar-refractivity contribution < 1.29 is 4.42 Å². The molecule has 0 atom stereocenters. The second-order valence-corrected chi connectivity index (χ2v) is 5.85.